The Balaban J connectivity index is 1.74. The van der Waals surface area contributed by atoms with E-state index in [4.69, 9.17) is 0 Å². The molecule has 0 nitrogen and oxygen atoms in total. The van der Waals surface area contributed by atoms with E-state index in [9.17, 15) is 0 Å². The van der Waals surface area contributed by atoms with Gasteiger partial charge in [0, 0.05) is 0 Å². The Hall–Kier alpha value is -3.64. The van der Waals surface area contributed by atoms with Gasteiger partial charge in [0.2, 0.25) is 0 Å². The van der Waals surface area contributed by atoms with Crippen LogP contribution < -0.4 is 0 Å². The highest BCUT2D eigenvalue weighted by atomic mass is 14.2. The number of hydrogen-bond donors (Lipinski definition) is 0. The van der Waals surface area contributed by atoms with E-state index in [0.29, 0.717) is 0 Å². The summed E-state index contributed by atoms with van der Waals surface area (Å²) in [5.41, 5.74) is 2.55. The zero-order valence-corrected chi connectivity index (χ0v) is 15.2. The van der Waals surface area contributed by atoms with Gasteiger partial charge in [0.05, 0.1) is 0 Å². The SMILES string of the molecule is c1ccc(-c2cc3ccc4cc5cccc6ccc7cc(c2)c3c4c7c65)cc1. The van der Waals surface area contributed by atoms with Crippen LogP contribution in [0.1, 0.15) is 0 Å². The van der Waals surface area contributed by atoms with E-state index >= 15 is 0 Å². The molecular formula is C28H16. The van der Waals surface area contributed by atoms with Crippen molar-refractivity contribution in [2.45, 2.75) is 0 Å². The van der Waals surface area contributed by atoms with Crippen molar-refractivity contribution in [2.75, 3.05) is 0 Å². The maximum absolute atomic E-state index is 2.38. The Morgan fingerprint density at radius 1 is 0.286 bits per heavy atom. The molecule has 0 bridgehead atoms. The molecular weight excluding hydrogens is 336 g/mol. The van der Waals surface area contributed by atoms with Crippen LogP contribution in [0.3, 0.4) is 0 Å². The first-order valence-electron chi connectivity index (χ1n) is 9.79. The van der Waals surface area contributed by atoms with Gasteiger partial charge in [0.25, 0.3) is 0 Å². The minimum absolute atomic E-state index is 1.27. The van der Waals surface area contributed by atoms with Crippen molar-refractivity contribution in [3.05, 3.63) is 97.1 Å². The summed E-state index contributed by atoms with van der Waals surface area (Å²) in [5, 5.41) is 13.6. The molecule has 7 rings (SSSR count). The second-order valence-corrected chi connectivity index (χ2v) is 7.82. The van der Waals surface area contributed by atoms with E-state index in [2.05, 4.69) is 97.1 Å². The molecule has 7 aromatic carbocycles. The minimum atomic E-state index is 1.27. The summed E-state index contributed by atoms with van der Waals surface area (Å²) in [4.78, 5) is 0. The Morgan fingerprint density at radius 3 is 1.61 bits per heavy atom. The van der Waals surface area contributed by atoms with Crippen LogP contribution in [0.25, 0.3) is 65.0 Å². The third-order valence-corrected chi connectivity index (χ3v) is 6.27. The summed E-state index contributed by atoms with van der Waals surface area (Å²) in [6.07, 6.45) is 0. The highest BCUT2D eigenvalue weighted by molar-refractivity contribution is 6.36. The smallest absolute Gasteiger partial charge is 0.00141 e. The average molecular weight is 352 g/mol. The predicted molar refractivity (Wildman–Crippen MR) is 122 cm³/mol. The number of benzene rings is 7. The van der Waals surface area contributed by atoms with Crippen molar-refractivity contribution < 1.29 is 0 Å². The van der Waals surface area contributed by atoms with Crippen molar-refractivity contribution in [3.8, 4) is 11.1 Å². The molecule has 0 radical (unpaired) electrons. The number of rotatable bonds is 1. The fraction of sp³-hybridized carbons (Fsp3) is 0. The lowest BCUT2D eigenvalue weighted by Crippen LogP contribution is -1.90. The summed E-state index contributed by atoms with van der Waals surface area (Å²) in [6.45, 7) is 0. The van der Waals surface area contributed by atoms with Crippen molar-refractivity contribution in [2.24, 2.45) is 0 Å². The molecule has 0 aliphatic carbocycles. The third-order valence-electron chi connectivity index (χ3n) is 6.27. The maximum Gasteiger partial charge on any atom is -0.00141 e. The molecule has 0 heteroatoms. The molecule has 0 heterocycles. The molecule has 0 saturated heterocycles. The molecule has 0 spiro atoms. The van der Waals surface area contributed by atoms with Gasteiger partial charge in [-0.1, -0.05) is 72.8 Å². The predicted octanol–water partition coefficient (Wildman–Crippen LogP) is 8.00. The summed E-state index contributed by atoms with van der Waals surface area (Å²) < 4.78 is 0. The number of hydrogen-bond acceptors (Lipinski definition) is 0. The first-order valence-corrected chi connectivity index (χ1v) is 9.79. The van der Waals surface area contributed by atoms with Crippen LogP contribution in [0.5, 0.6) is 0 Å². The molecule has 0 aromatic heterocycles. The Kier molecular flexibility index (Phi) is 2.57. The van der Waals surface area contributed by atoms with E-state index in [-0.39, 0.29) is 0 Å². The average Bonchev–Trinajstić information content (AvgIpc) is 2.76. The standard InChI is InChI=1S/C28H16/c1-2-5-17(6-3-1)23-14-20-11-12-21-13-19-8-4-7-18-9-10-22-15-24(16-23)26(20)28(21)27(22)25(18)19/h1-16H. The van der Waals surface area contributed by atoms with Crippen molar-refractivity contribution in [1.29, 1.82) is 0 Å². The van der Waals surface area contributed by atoms with E-state index < -0.39 is 0 Å². The normalized spacial score (nSPS) is 12.3. The van der Waals surface area contributed by atoms with E-state index in [0.717, 1.165) is 0 Å². The van der Waals surface area contributed by atoms with Gasteiger partial charge in [-0.2, -0.15) is 0 Å². The van der Waals surface area contributed by atoms with Crippen LogP contribution in [-0.4, -0.2) is 0 Å². The van der Waals surface area contributed by atoms with Crippen LogP contribution in [0.2, 0.25) is 0 Å². The third kappa shape index (κ3) is 1.75. The summed E-state index contributed by atoms with van der Waals surface area (Å²) >= 11 is 0. The topological polar surface area (TPSA) is 0 Å². The van der Waals surface area contributed by atoms with Crippen LogP contribution >= 0.6 is 0 Å². The molecule has 0 atom stereocenters. The first-order chi connectivity index (χ1) is 13.9. The first kappa shape index (κ1) is 14.4. The fourth-order valence-corrected chi connectivity index (χ4v) is 5.08. The highest BCUT2D eigenvalue weighted by Gasteiger charge is 2.16. The zero-order chi connectivity index (χ0) is 18.2. The molecule has 0 aliphatic heterocycles. The summed E-state index contributed by atoms with van der Waals surface area (Å²) in [6, 6.07) is 35.9. The molecule has 0 amide bonds. The van der Waals surface area contributed by atoms with Crippen molar-refractivity contribution >= 4 is 53.9 Å². The van der Waals surface area contributed by atoms with Gasteiger partial charge in [-0.15, -0.1) is 0 Å². The maximum atomic E-state index is 2.38. The molecule has 0 saturated carbocycles. The molecule has 0 aliphatic rings. The summed E-state index contributed by atoms with van der Waals surface area (Å²) in [7, 11) is 0. The quantitative estimate of drug-likeness (QED) is 0.207. The van der Waals surface area contributed by atoms with Crippen LogP contribution in [0.4, 0.5) is 0 Å². The minimum Gasteiger partial charge on any atom is -0.0622 e. The van der Waals surface area contributed by atoms with Crippen LogP contribution in [0, 0.1) is 0 Å². The second kappa shape index (κ2) is 4.99. The Bertz CT molecular complexity index is 1640. The van der Waals surface area contributed by atoms with Gasteiger partial charge in [-0.3, -0.25) is 0 Å². The van der Waals surface area contributed by atoms with E-state index in [1.165, 1.54) is 65.0 Å². The molecule has 0 N–H and O–H groups in total. The summed E-state index contributed by atoms with van der Waals surface area (Å²) in [5.74, 6) is 0. The molecule has 128 valence electrons. The van der Waals surface area contributed by atoms with Gasteiger partial charge in [-0.05, 0) is 89.3 Å². The lowest BCUT2D eigenvalue weighted by atomic mass is 9.86. The second-order valence-electron chi connectivity index (χ2n) is 7.82. The van der Waals surface area contributed by atoms with E-state index in [1.54, 1.807) is 0 Å². The Morgan fingerprint density at radius 2 is 0.821 bits per heavy atom. The van der Waals surface area contributed by atoms with Crippen LogP contribution in [-0.2, 0) is 0 Å². The van der Waals surface area contributed by atoms with Gasteiger partial charge < -0.3 is 0 Å². The van der Waals surface area contributed by atoms with Gasteiger partial charge >= 0.3 is 0 Å². The lowest BCUT2D eigenvalue weighted by Gasteiger charge is -2.17. The van der Waals surface area contributed by atoms with Crippen molar-refractivity contribution in [3.63, 3.8) is 0 Å². The van der Waals surface area contributed by atoms with Gasteiger partial charge in [0.15, 0.2) is 0 Å². The van der Waals surface area contributed by atoms with Crippen LogP contribution in [0.15, 0.2) is 97.1 Å². The lowest BCUT2D eigenvalue weighted by molar-refractivity contribution is 1.66. The monoisotopic (exact) mass is 352 g/mol. The van der Waals surface area contributed by atoms with Crippen molar-refractivity contribution in [1.82, 2.24) is 0 Å². The Labute approximate surface area is 162 Å². The molecule has 0 fully saturated rings. The molecule has 28 heavy (non-hydrogen) atoms. The highest BCUT2D eigenvalue weighted by Crippen LogP contribution is 2.44. The van der Waals surface area contributed by atoms with Gasteiger partial charge in [-0.25, -0.2) is 0 Å². The zero-order valence-electron chi connectivity index (χ0n) is 15.2. The molecule has 7 aromatic rings. The van der Waals surface area contributed by atoms with Gasteiger partial charge in [0.1, 0.15) is 0 Å². The molecule has 0 unspecified atom stereocenters. The fourth-order valence-electron chi connectivity index (χ4n) is 5.08. The largest absolute Gasteiger partial charge is 0.0622 e. The van der Waals surface area contributed by atoms with E-state index in [1.807, 2.05) is 0 Å².